The van der Waals surface area contributed by atoms with Gasteiger partial charge in [0.2, 0.25) is 11.8 Å². The van der Waals surface area contributed by atoms with Crippen LogP contribution in [0.1, 0.15) is 60.4 Å². The molecule has 3 aliphatic heterocycles. The lowest BCUT2D eigenvalue weighted by Gasteiger charge is -2.25. The maximum absolute atomic E-state index is 13.1. The summed E-state index contributed by atoms with van der Waals surface area (Å²) in [5, 5.41) is 0. The molecule has 3 aromatic rings. The van der Waals surface area contributed by atoms with Crippen LogP contribution in [0.3, 0.4) is 0 Å². The van der Waals surface area contributed by atoms with E-state index in [4.69, 9.17) is 4.99 Å². The van der Waals surface area contributed by atoms with Gasteiger partial charge in [-0.2, -0.15) is 0 Å². The zero-order chi connectivity index (χ0) is 29.1. The van der Waals surface area contributed by atoms with E-state index in [-0.39, 0.29) is 29.7 Å². The van der Waals surface area contributed by atoms with Crippen LogP contribution in [-0.4, -0.2) is 58.3 Å². The second-order valence-electron chi connectivity index (χ2n) is 12.0. The maximum Gasteiger partial charge on any atom is 0.227 e. The molecular weight excluding hydrogens is 522 g/mol. The van der Waals surface area contributed by atoms with Crippen LogP contribution >= 0.6 is 0 Å². The summed E-state index contributed by atoms with van der Waals surface area (Å²) in [5.74, 6) is 0.316. The molecule has 0 bridgehead atoms. The molecule has 6 heteroatoms. The molecule has 6 rings (SSSR count). The van der Waals surface area contributed by atoms with Crippen molar-refractivity contribution in [3.05, 3.63) is 101 Å². The normalized spacial score (nSPS) is 19.6. The Morgan fingerprint density at radius 3 is 2.21 bits per heavy atom. The topological polar surface area (TPSA) is 70.1 Å². The third-order valence-corrected chi connectivity index (χ3v) is 9.07. The van der Waals surface area contributed by atoms with E-state index in [9.17, 15) is 14.4 Å². The quantitative estimate of drug-likeness (QED) is 0.349. The van der Waals surface area contributed by atoms with Gasteiger partial charge in [-0.1, -0.05) is 66.7 Å². The molecule has 2 fully saturated rings. The molecule has 3 heterocycles. The van der Waals surface area contributed by atoms with Crippen molar-refractivity contribution in [3.63, 3.8) is 0 Å². The molecule has 0 aliphatic carbocycles. The summed E-state index contributed by atoms with van der Waals surface area (Å²) in [4.78, 5) is 46.5. The second kappa shape index (κ2) is 12.4. The number of carbonyl (C=O) groups excluding carboxylic acids is 3. The molecule has 42 heavy (non-hydrogen) atoms. The zero-order valence-corrected chi connectivity index (χ0v) is 24.4. The third kappa shape index (κ3) is 6.23. The van der Waals surface area contributed by atoms with Crippen molar-refractivity contribution in [2.45, 2.75) is 76.8 Å². The van der Waals surface area contributed by atoms with Crippen molar-refractivity contribution >= 4 is 29.0 Å². The molecule has 2 atom stereocenters. The Labute approximate surface area is 248 Å². The number of rotatable bonds is 9. The van der Waals surface area contributed by atoms with Crippen molar-refractivity contribution in [1.82, 2.24) is 9.80 Å². The van der Waals surface area contributed by atoms with Crippen molar-refractivity contribution in [2.24, 2.45) is 4.99 Å². The fourth-order valence-electron chi connectivity index (χ4n) is 6.82. The highest BCUT2D eigenvalue weighted by atomic mass is 16.2. The van der Waals surface area contributed by atoms with Gasteiger partial charge < -0.3 is 9.80 Å². The summed E-state index contributed by atoms with van der Waals surface area (Å²) in [7, 11) is 0. The highest BCUT2D eigenvalue weighted by Crippen LogP contribution is 2.33. The van der Waals surface area contributed by atoms with Crippen LogP contribution in [0.25, 0.3) is 0 Å². The van der Waals surface area contributed by atoms with Crippen molar-refractivity contribution < 1.29 is 14.4 Å². The molecule has 216 valence electrons. The SMILES string of the molecule is CC(=O)N1CCC[C@H]1C(=O)Cc1ccc(CCc2ccc3c(c2)CC([C@@H]2CCCN2C(=O)Cc2ccccc2)=N3)cc1. The molecule has 2 saturated heterocycles. The number of benzene rings is 3. The van der Waals surface area contributed by atoms with E-state index in [0.717, 1.165) is 74.0 Å². The summed E-state index contributed by atoms with van der Waals surface area (Å²) in [5.41, 5.74) is 8.01. The van der Waals surface area contributed by atoms with Crippen molar-refractivity contribution in [2.75, 3.05) is 13.1 Å². The lowest BCUT2D eigenvalue weighted by molar-refractivity contribution is -0.135. The number of nitrogens with zero attached hydrogens (tertiary/aromatic N) is 3. The predicted molar refractivity (Wildman–Crippen MR) is 165 cm³/mol. The van der Waals surface area contributed by atoms with Gasteiger partial charge in [0, 0.05) is 38.6 Å². The van der Waals surface area contributed by atoms with Gasteiger partial charge in [0.25, 0.3) is 0 Å². The van der Waals surface area contributed by atoms with Crippen LogP contribution in [0, 0.1) is 0 Å². The van der Waals surface area contributed by atoms with Crippen molar-refractivity contribution in [1.29, 1.82) is 0 Å². The Morgan fingerprint density at radius 1 is 0.762 bits per heavy atom. The molecule has 0 saturated carbocycles. The largest absolute Gasteiger partial charge is 0.334 e. The Kier molecular flexibility index (Phi) is 8.31. The Hall–Kier alpha value is -4.06. The summed E-state index contributed by atoms with van der Waals surface area (Å²) in [6.45, 7) is 3.04. The molecule has 6 nitrogen and oxygen atoms in total. The molecular formula is C36H39N3O3. The second-order valence-corrected chi connectivity index (χ2v) is 12.0. The number of carbonyl (C=O) groups is 3. The average molecular weight is 562 g/mol. The van der Waals surface area contributed by atoms with Gasteiger partial charge in [0.15, 0.2) is 5.78 Å². The molecule has 0 unspecified atom stereocenters. The number of hydrogen-bond acceptors (Lipinski definition) is 4. The van der Waals surface area contributed by atoms with E-state index in [1.807, 2.05) is 35.2 Å². The molecule has 0 spiro atoms. The van der Waals surface area contributed by atoms with Gasteiger partial charge >= 0.3 is 0 Å². The Balaban J connectivity index is 1.02. The zero-order valence-electron chi connectivity index (χ0n) is 24.4. The number of Topliss-reactive ketones (excluding diaryl/α,β-unsaturated/α-hetero) is 1. The number of aryl methyl sites for hydroxylation is 2. The van der Waals surface area contributed by atoms with Gasteiger partial charge in [0.05, 0.1) is 24.2 Å². The number of fused-ring (bicyclic) bond motifs is 1. The number of ketones is 1. The third-order valence-electron chi connectivity index (χ3n) is 9.07. The molecule has 2 amide bonds. The smallest absolute Gasteiger partial charge is 0.227 e. The van der Waals surface area contributed by atoms with E-state index in [1.165, 1.54) is 16.7 Å². The molecule has 0 N–H and O–H groups in total. The monoisotopic (exact) mass is 561 g/mol. The van der Waals surface area contributed by atoms with Gasteiger partial charge in [0.1, 0.15) is 0 Å². The number of amides is 2. The first-order chi connectivity index (χ1) is 20.4. The fourth-order valence-corrected chi connectivity index (χ4v) is 6.82. The summed E-state index contributed by atoms with van der Waals surface area (Å²) in [6.07, 6.45) is 7.17. The number of aliphatic imine (C=N–C) groups is 1. The first-order valence-electron chi connectivity index (χ1n) is 15.3. The predicted octanol–water partition coefficient (Wildman–Crippen LogP) is 5.46. The van der Waals surface area contributed by atoms with E-state index < -0.39 is 0 Å². The van der Waals surface area contributed by atoms with Crippen LogP contribution in [0.5, 0.6) is 0 Å². The molecule has 0 aromatic heterocycles. The highest BCUT2D eigenvalue weighted by Gasteiger charge is 2.34. The molecule has 3 aliphatic rings. The van der Waals surface area contributed by atoms with Gasteiger partial charge in [-0.25, -0.2) is 0 Å². The van der Waals surface area contributed by atoms with Crippen LogP contribution in [0.15, 0.2) is 77.8 Å². The van der Waals surface area contributed by atoms with Gasteiger partial charge in [-0.05, 0) is 72.4 Å². The first-order valence-corrected chi connectivity index (χ1v) is 15.3. The first kappa shape index (κ1) is 28.1. The maximum atomic E-state index is 13.1. The Bertz CT molecular complexity index is 1500. The van der Waals surface area contributed by atoms with Crippen LogP contribution in [0.2, 0.25) is 0 Å². The number of likely N-dealkylation sites (tertiary alicyclic amines) is 2. The molecule has 0 radical (unpaired) electrons. The summed E-state index contributed by atoms with van der Waals surface area (Å²) < 4.78 is 0. The highest BCUT2D eigenvalue weighted by molar-refractivity contribution is 6.00. The summed E-state index contributed by atoms with van der Waals surface area (Å²) in [6, 6.07) is 24.8. The minimum atomic E-state index is -0.266. The van der Waals surface area contributed by atoms with E-state index in [2.05, 4.69) is 42.5 Å². The van der Waals surface area contributed by atoms with Crippen LogP contribution < -0.4 is 0 Å². The minimum Gasteiger partial charge on any atom is -0.334 e. The minimum absolute atomic E-state index is 0.00927. The Morgan fingerprint density at radius 2 is 1.43 bits per heavy atom. The van der Waals surface area contributed by atoms with E-state index >= 15 is 0 Å². The fraction of sp³-hybridized carbons (Fsp3) is 0.389. The number of hydrogen-bond donors (Lipinski definition) is 0. The van der Waals surface area contributed by atoms with Gasteiger partial charge in [-0.3, -0.25) is 19.4 Å². The average Bonchev–Trinajstić information content (AvgIpc) is 3.76. The lowest BCUT2D eigenvalue weighted by atomic mass is 9.97. The van der Waals surface area contributed by atoms with Crippen LogP contribution in [-0.2, 0) is 46.5 Å². The lowest BCUT2D eigenvalue weighted by Crippen LogP contribution is -2.41. The molecule has 3 aromatic carbocycles. The van der Waals surface area contributed by atoms with Crippen molar-refractivity contribution in [3.8, 4) is 0 Å². The summed E-state index contributed by atoms with van der Waals surface area (Å²) >= 11 is 0. The van der Waals surface area contributed by atoms with E-state index in [1.54, 1.807) is 11.8 Å². The van der Waals surface area contributed by atoms with E-state index in [0.29, 0.717) is 19.4 Å². The van der Waals surface area contributed by atoms with Crippen LogP contribution in [0.4, 0.5) is 5.69 Å². The standard InChI is InChI=1S/C36H39N3O3/c1-25(40)38-19-6-10-34(38)35(41)22-29-15-12-26(13-16-29)11-14-28-17-18-31-30(21-28)24-32(37-31)33-9-5-20-39(33)36(42)23-27-7-3-2-4-8-27/h2-4,7-8,12-13,15-18,21,33-34H,5-6,9-11,14,19-20,22-24H2,1H3/t33-,34-/m0/s1. The van der Waals surface area contributed by atoms with Gasteiger partial charge in [-0.15, -0.1) is 0 Å².